The maximum Gasteiger partial charge on any atom is 0.312 e. The number of halogens is 1. The molecule has 0 aliphatic heterocycles. The molecule has 0 spiro atoms. The third-order valence-electron chi connectivity index (χ3n) is 3.66. The van der Waals surface area contributed by atoms with Crippen molar-refractivity contribution in [2.24, 2.45) is 0 Å². The zero-order chi connectivity index (χ0) is 15.0. The van der Waals surface area contributed by atoms with Crippen LogP contribution >= 0.6 is 27.3 Å². The number of fused-ring (bicyclic) bond motifs is 1. The van der Waals surface area contributed by atoms with Crippen LogP contribution in [0.25, 0.3) is 10.6 Å². The van der Waals surface area contributed by atoms with Gasteiger partial charge >= 0.3 is 5.97 Å². The Bertz CT molecular complexity index is 698. The number of aliphatic carboxylic acids is 1. The standard InChI is InChI=1S/C15H14BrNO3S/c1-20-8-5-6-11(16)10(7-8)14-17-13-9(15(18)19)3-2-4-12(13)21-14/h5-7,9H,2-4H2,1H3,(H,18,19). The van der Waals surface area contributed by atoms with Crippen molar-refractivity contribution in [2.75, 3.05) is 7.11 Å². The summed E-state index contributed by atoms with van der Waals surface area (Å²) in [7, 11) is 1.63. The van der Waals surface area contributed by atoms with Gasteiger partial charge in [0, 0.05) is 14.9 Å². The average Bonchev–Trinajstić information content (AvgIpc) is 2.91. The Kier molecular flexibility index (Phi) is 3.99. The number of nitrogens with zero attached hydrogens (tertiary/aromatic N) is 1. The highest BCUT2D eigenvalue weighted by Gasteiger charge is 2.30. The van der Waals surface area contributed by atoms with E-state index in [2.05, 4.69) is 20.9 Å². The van der Waals surface area contributed by atoms with Crippen LogP contribution in [0, 0.1) is 0 Å². The van der Waals surface area contributed by atoms with Gasteiger partial charge in [0.2, 0.25) is 0 Å². The topological polar surface area (TPSA) is 59.4 Å². The number of aryl methyl sites for hydroxylation is 1. The average molecular weight is 368 g/mol. The van der Waals surface area contributed by atoms with Crippen molar-refractivity contribution in [3.8, 4) is 16.3 Å². The zero-order valence-corrected chi connectivity index (χ0v) is 13.8. The first-order chi connectivity index (χ1) is 10.1. The monoisotopic (exact) mass is 367 g/mol. The molecule has 0 amide bonds. The molecule has 1 heterocycles. The fourth-order valence-electron chi connectivity index (χ4n) is 2.57. The molecular weight excluding hydrogens is 354 g/mol. The second kappa shape index (κ2) is 5.77. The smallest absolute Gasteiger partial charge is 0.312 e. The van der Waals surface area contributed by atoms with Gasteiger partial charge in [-0.25, -0.2) is 4.98 Å². The van der Waals surface area contributed by atoms with Gasteiger partial charge < -0.3 is 9.84 Å². The minimum atomic E-state index is -0.780. The number of aromatic nitrogens is 1. The lowest BCUT2D eigenvalue weighted by atomic mass is 9.91. The highest BCUT2D eigenvalue weighted by atomic mass is 79.9. The van der Waals surface area contributed by atoms with E-state index in [0.717, 1.165) is 44.2 Å². The molecule has 1 unspecified atom stereocenters. The lowest BCUT2D eigenvalue weighted by Gasteiger charge is -2.16. The fourth-order valence-corrected chi connectivity index (χ4v) is 4.33. The van der Waals surface area contributed by atoms with Gasteiger partial charge in [-0.05, 0) is 37.5 Å². The van der Waals surface area contributed by atoms with E-state index < -0.39 is 11.9 Å². The molecule has 1 aliphatic rings. The summed E-state index contributed by atoms with van der Waals surface area (Å²) in [6.45, 7) is 0. The molecule has 1 aromatic carbocycles. The van der Waals surface area contributed by atoms with Crippen LogP contribution in [0.2, 0.25) is 0 Å². The highest BCUT2D eigenvalue weighted by Crippen LogP contribution is 2.41. The van der Waals surface area contributed by atoms with Gasteiger partial charge in [-0.2, -0.15) is 0 Å². The largest absolute Gasteiger partial charge is 0.497 e. The van der Waals surface area contributed by atoms with E-state index in [1.165, 1.54) is 0 Å². The Hall–Kier alpha value is -1.40. The molecule has 1 aliphatic carbocycles. The molecule has 0 bridgehead atoms. The molecule has 0 saturated heterocycles. The first kappa shape index (κ1) is 14.5. The number of hydrogen-bond donors (Lipinski definition) is 1. The Morgan fingerprint density at radius 3 is 3.05 bits per heavy atom. The number of carbonyl (C=O) groups is 1. The Balaban J connectivity index is 2.07. The zero-order valence-electron chi connectivity index (χ0n) is 11.4. The molecule has 21 heavy (non-hydrogen) atoms. The van der Waals surface area contributed by atoms with E-state index in [9.17, 15) is 9.90 Å². The third kappa shape index (κ3) is 2.70. The number of benzene rings is 1. The van der Waals surface area contributed by atoms with Crippen LogP contribution in [-0.4, -0.2) is 23.2 Å². The number of carboxylic acids is 1. The molecule has 0 saturated carbocycles. The molecule has 3 rings (SSSR count). The van der Waals surface area contributed by atoms with E-state index in [0.29, 0.717) is 6.42 Å². The minimum absolute atomic E-state index is 0.469. The maximum atomic E-state index is 11.4. The van der Waals surface area contributed by atoms with Crippen molar-refractivity contribution in [1.29, 1.82) is 0 Å². The second-order valence-electron chi connectivity index (χ2n) is 4.96. The SMILES string of the molecule is COc1ccc(Br)c(-c2nc3c(s2)CCCC3C(=O)O)c1. The summed E-state index contributed by atoms with van der Waals surface area (Å²) in [4.78, 5) is 17.1. The van der Waals surface area contributed by atoms with Crippen LogP contribution in [0.3, 0.4) is 0 Å². The Morgan fingerprint density at radius 1 is 1.52 bits per heavy atom. The van der Waals surface area contributed by atoms with Crippen LogP contribution in [0.4, 0.5) is 0 Å². The molecule has 1 atom stereocenters. The molecule has 0 fully saturated rings. The number of ether oxygens (including phenoxy) is 1. The fraction of sp³-hybridized carbons (Fsp3) is 0.333. The summed E-state index contributed by atoms with van der Waals surface area (Å²) in [6, 6.07) is 5.72. The quantitative estimate of drug-likeness (QED) is 0.887. The lowest BCUT2D eigenvalue weighted by Crippen LogP contribution is -2.17. The van der Waals surface area contributed by atoms with Gasteiger partial charge in [0.15, 0.2) is 0 Å². The van der Waals surface area contributed by atoms with Crippen molar-refractivity contribution in [3.63, 3.8) is 0 Å². The van der Waals surface area contributed by atoms with Crippen LogP contribution < -0.4 is 4.74 Å². The number of hydrogen-bond acceptors (Lipinski definition) is 4. The molecule has 110 valence electrons. The molecule has 0 radical (unpaired) electrons. The first-order valence-electron chi connectivity index (χ1n) is 6.66. The number of thiazole rings is 1. The molecular formula is C15H14BrNO3S. The van der Waals surface area contributed by atoms with E-state index in [1.807, 2.05) is 18.2 Å². The summed E-state index contributed by atoms with van der Waals surface area (Å²) in [5.41, 5.74) is 1.68. The highest BCUT2D eigenvalue weighted by molar-refractivity contribution is 9.10. The van der Waals surface area contributed by atoms with E-state index in [4.69, 9.17) is 4.74 Å². The lowest BCUT2D eigenvalue weighted by molar-refractivity contribution is -0.139. The first-order valence-corrected chi connectivity index (χ1v) is 8.27. The van der Waals surface area contributed by atoms with Gasteiger partial charge in [-0.15, -0.1) is 11.3 Å². The van der Waals surface area contributed by atoms with Gasteiger partial charge in [-0.3, -0.25) is 4.79 Å². The molecule has 2 aromatic rings. The van der Waals surface area contributed by atoms with Crippen molar-refractivity contribution < 1.29 is 14.6 Å². The maximum absolute atomic E-state index is 11.4. The number of rotatable bonds is 3. The predicted octanol–water partition coefficient (Wildman–Crippen LogP) is 4.09. The molecule has 6 heteroatoms. The molecule has 4 nitrogen and oxygen atoms in total. The summed E-state index contributed by atoms with van der Waals surface area (Å²) >= 11 is 5.11. The minimum Gasteiger partial charge on any atom is -0.497 e. The van der Waals surface area contributed by atoms with Crippen molar-refractivity contribution in [2.45, 2.75) is 25.2 Å². The van der Waals surface area contributed by atoms with Crippen LogP contribution in [0.5, 0.6) is 5.75 Å². The van der Waals surface area contributed by atoms with Gasteiger partial charge in [0.05, 0.1) is 18.7 Å². The predicted molar refractivity (Wildman–Crippen MR) is 85.1 cm³/mol. The van der Waals surface area contributed by atoms with Crippen molar-refractivity contribution in [1.82, 2.24) is 4.98 Å². The van der Waals surface area contributed by atoms with Gasteiger partial charge in [-0.1, -0.05) is 15.9 Å². The summed E-state index contributed by atoms with van der Waals surface area (Å²) < 4.78 is 6.19. The third-order valence-corrected chi connectivity index (χ3v) is 5.51. The van der Waals surface area contributed by atoms with Crippen molar-refractivity contribution in [3.05, 3.63) is 33.2 Å². The Labute approximate surface area is 134 Å². The molecule has 1 aromatic heterocycles. The van der Waals surface area contributed by atoms with E-state index in [-0.39, 0.29) is 0 Å². The van der Waals surface area contributed by atoms with E-state index in [1.54, 1.807) is 18.4 Å². The summed E-state index contributed by atoms with van der Waals surface area (Å²) in [6.07, 6.45) is 2.49. The van der Waals surface area contributed by atoms with Gasteiger partial charge in [0.25, 0.3) is 0 Å². The van der Waals surface area contributed by atoms with Crippen LogP contribution in [-0.2, 0) is 11.2 Å². The summed E-state index contributed by atoms with van der Waals surface area (Å²) in [5.74, 6) is -0.489. The number of carboxylic acid groups (broad SMARTS) is 1. The van der Waals surface area contributed by atoms with Crippen LogP contribution in [0.1, 0.15) is 29.3 Å². The second-order valence-corrected chi connectivity index (χ2v) is 6.89. The number of methoxy groups -OCH3 is 1. The van der Waals surface area contributed by atoms with E-state index >= 15 is 0 Å². The normalized spacial score (nSPS) is 17.3. The summed E-state index contributed by atoms with van der Waals surface area (Å²) in [5, 5.41) is 10.2. The Morgan fingerprint density at radius 2 is 2.33 bits per heavy atom. The van der Waals surface area contributed by atoms with Gasteiger partial charge in [0.1, 0.15) is 10.8 Å². The van der Waals surface area contributed by atoms with Crippen LogP contribution in [0.15, 0.2) is 22.7 Å². The molecule has 1 N–H and O–H groups in total. The van der Waals surface area contributed by atoms with Crippen molar-refractivity contribution >= 4 is 33.2 Å².